The number of benzene rings is 1. The van der Waals surface area contributed by atoms with E-state index in [-0.39, 0.29) is 12.0 Å². The van der Waals surface area contributed by atoms with Crippen molar-refractivity contribution in [2.45, 2.75) is 78.0 Å². The van der Waals surface area contributed by atoms with Crippen molar-refractivity contribution in [1.82, 2.24) is 20.9 Å². The summed E-state index contributed by atoms with van der Waals surface area (Å²) in [4.78, 5) is 32.4. The lowest BCUT2D eigenvalue weighted by molar-refractivity contribution is 0.0545. The summed E-state index contributed by atoms with van der Waals surface area (Å²) >= 11 is 0. The molecule has 2 heterocycles. The van der Waals surface area contributed by atoms with E-state index in [1.54, 1.807) is 41.5 Å². The number of aromatic nitrogens is 1. The van der Waals surface area contributed by atoms with Crippen molar-refractivity contribution in [2.75, 3.05) is 13.1 Å². The molecule has 1 aliphatic heterocycles. The summed E-state index contributed by atoms with van der Waals surface area (Å²) in [6.45, 7) is 11.9. The topological polar surface area (TPSA) is 117 Å². The third kappa shape index (κ3) is 7.48. The van der Waals surface area contributed by atoms with Crippen LogP contribution in [0.2, 0.25) is 0 Å². The Morgan fingerprint density at radius 2 is 1.65 bits per heavy atom. The third-order valence-corrected chi connectivity index (χ3v) is 5.12. The number of hydrogen-bond acceptors (Lipinski definition) is 6. The van der Waals surface area contributed by atoms with Gasteiger partial charge in [-0.2, -0.15) is 0 Å². The predicted octanol–water partition coefficient (Wildman–Crippen LogP) is 4.54. The number of aromatic amines is 1. The van der Waals surface area contributed by atoms with Crippen LogP contribution >= 0.6 is 0 Å². The van der Waals surface area contributed by atoms with Crippen LogP contribution in [-0.4, -0.2) is 47.4 Å². The molecular weight excluding hydrogens is 434 g/mol. The van der Waals surface area contributed by atoms with Crippen molar-refractivity contribution in [2.24, 2.45) is 4.99 Å². The lowest BCUT2D eigenvalue weighted by Gasteiger charge is -2.24. The van der Waals surface area contributed by atoms with Crippen LogP contribution in [0, 0.1) is 0 Å². The highest BCUT2D eigenvalue weighted by atomic mass is 16.6. The summed E-state index contributed by atoms with van der Waals surface area (Å²) in [5.41, 5.74) is 2.41. The number of hydrogen-bond donors (Lipinski definition) is 4. The van der Waals surface area contributed by atoms with Gasteiger partial charge in [0, 0.05) is 29.2 Å². The van der Waals surface area contributed by atoms with Gasteiger partial charge < -0.3 is 19.8 Å². The minimum atomic E-state index is -0.695. The molecule has 1 aromatic heterocycles. The number of nitrogens with zero attached hydrogens (tertiary/aromatic N) is 1. The number of carbonyl (C=O) groups is 2. The fraction of sp³-hybridized carbons (Fsp3) is 0.560. The summed E-state index contributed by atoms with van der Waals surface area (Å²) in [5.74, 6) is 0.00593. The Balaban J connectivity index is 1.63. The fourth-order valence-electron chi connectivity index (χ4n) is 3.90. The van der Waals surface area contributed by atoms with E-state index in [1.165, 1.54) is 16.6 Å². The van der Waals surface area contributed by atoms with Crippen LogP contribution in [0.15, 0.2) is 29.3 Å². The molecule has 34 heavy (non-hydrogen) atoms. The first-order valence-corrected chi connectivity index (χ1v) is 11.8. The van der Waals surface area contributed by atoms with Crippen molar-refractivity contribution in [3.63, 3.8) is 0 Å². The number of aliphatic imine (C=N–C) groups is 1. The summed E-state index contributed by atoms with van der Waals surface area (Å²) in [6, 6.07) is 8.57. The maximum Gasteiger partial charge on any atom is 0.414 e. The number of para-hydroxylation sites is 1. The zero-order chi connectivity index (χ0) is 24.9. The molecule has 4 N–H and O–H groups in total. The standard InChI is InChI=1S/C25H37N5O4/c1-24(2,3)33-22(31)29-21(30-23(32)34-25(4,5)6)27-14-9-12-19-20-17(13-15-26-19)16-10-7-8-11-18(16)28-20/h7-8,10-11,19,26,28H,9,12-15H2,1-6H3,(H2,27,29,30,31,32)/t19-/m1/s1. The van der Waals surface area contributed by atoms with Crippen molar-refractivity contribution < 1.29 is 19.1 Å². The molecule has 0 saturated carbocycles. The highest BCUT2D eigenvalue weighted by Gasteiger charge is 2.24. The molecule has 0 aliphatic carbocycles. The van der Waals surface area contributed by atoms with Gasteiger partial charge in [-0.05, 0) is 79.0 Å². The Morgan fingerprint density at radius 1 is 1.03 bits per heavy atom. The first-order chi connectivity index (χ1) is 15.9. The molecule has 186 valence electrons. The quantitative estimate of drug-likeness (QED) is 0.297. The van der Waals surface area contributed by atoms with Gasteiger partial charge >= 0.3 is 12.2 Å². The Morgan fingerprint density at radius 3 is 2.26 bits per heavy atom. The predicted molar refractivity (Wildman–Crippen MR) is 133 cm³/mol. The third-order valence-electron chi connectivity index (χ3n) is 5.12. The van der Waals surface area contributed by atoms with Crippen molar-refractivity contribution in [3.8, 4) is 0 Å². The van der Waals surface area contributed by atoms with E-state index < -0.39 is 23.4 Å². The van der Waals surface area contributed by atoms with Crippen LogP contribution < -0.4 is 16.0 Å². The monoisotopic (exact) mass is 471 g/mol. The Labute approximate surface area is 201 Å². The number of alkyl carbamates (subject to hydrolysis) is 2. The van der Waals surface area contributed by atoms with E-state index in [4.69, 9.17) is 9.47 Å². The minimum absolute atomic E-state index is 0.00593. The Hall–Kier alpha value is -3.07. The number of nitrogens with one attached hydrogen (secondary N) is 4. The minimum Gasteiger partial charge on any atom is -0.444 e. The second kappa shape index (κ2) is 10.5. The molecule has 2 amide bonds. The maximum absolute atomic E-state index is 12.2. The zero-order valence-corrected chi connectivity index (χ0v) is 21.0. The molecule has 0 bridgehead atoms. The molecule has 2 aromatic rings. The summed E-state index contributed by atoms with van der Waals surface area (Å²) in [6.07, 6.45) is 1.22. The van der Waals surface area contributed by atoms with Crippen molar-refractivity contribution in [1.29, 1.82) is 0 Å². The first-order valence-electron chi connectivity index (χ1n) is 11.8. The van der Waals surface area contributed by atoms with Crippen LogP contribution in [0.5, 0.6) is 0 Å². The number of carbonyl (C=O) groups excluding carboxylic acids is 2. The fourth-order valence-corrected chi connectivity index (χ4v) is 3.90. The SMILES string of the molecule is CC(C)(C)OC(=O)NC(=NCCC[C@H]1NCCc2c1[nH]c1ccccc21)NC(=O)OC(C)(C)C. The summed E-state index contributed by atoms with van der Waals surface area (Å²) in [7, 11) is 0. The highest BCUT2D eigenvalue weighted by molar-refractivity contribution is 6.01. The zero-order valence-electron chi connectivity index (χ0n) is 21.0. The van der Waals surface area contributed by atoms with Crippen LogP contribution in [0.25, 0.3) is 10.9 Å². The average molecular weight is 472 g/mol. The average Bonchev–Trinajstić information content (AvgIpc) is 3.07. The number of fused-ring (bicyclic) bond motifs is 3. The smallest absolute Gasteiger partial charge is 0.414 e. The van der Waals surface area contributed by atoms with Crippen LogP contribution in [0.4, 0.5) is 9.59 Å². The second-order valence-corrected chi connectivity index (χ2v) is 10.4. The lowest BCUT2D eigenvalue weighted by atomic mass is 9.96. The molecule has 0 radical (unpaired) electrons. The van der Waals surface area contributed by atoms with Gasteiger partial charge in [0.25, 0.3) is 0 Å². The molecule has 0 spiro atoms. The molecule has 0 saturated heterocycles. The number of amides is 2. The lowest BCUT2D eigenvalue weighted by Crippen LogP contribution is -2.47. The number of ether oxygens (including phenoxy) is 2. The Bertz CT molecular complexity index is 1010. The molecule has 9 nitrogen and oxygen atoms in total. The van der Waals surface area contributed by atoms with Crippen molar-refractivity contribution in [3.05, 3.63) is 35.5 Å². The van der Waals surface area contributed by atoms with E-state index in [9.17, 15) is 9.59 Å². The van der Waals surface area contributed by atoms with E-state index in [0.29, 0.717) is 6.54 Å². The number of rotatable bonds is 4. The van der Waals surface area contributed by atoms with Gasteiger partial charge in [-0.1, -0.05) is 18.2 Å². The molecule has 1 atom stereocenters. The van der Waals surface area contributed by atoms with Gasteiger partial charge in [0.05, 0.1) is 0 Å². The number of guanidine groups is 1. The van der Waals surface area contributed by atoms with Gasteiger partial charge in [-0.25, -0.2) is 9.59 Å². The van der Waals surface area contributed by atoms with E-state index >= 15 is 0 Å². The molecule has 3 rings (SSSR count). The second-order valence-electron chi connectivity index (χ2n) is 10.4. The molecule has 0 fully saturated rings. The van der Waals surface area contributed by atoms with E-state index in [0.717, 1.165) is 31.3 Å². The first kappa shape index (κ1) is 25.6. The van der Waals surface area contributed by atoms with Crippen LogP contribution in [0.1, 0.15) is 71.7 Å². The van der Waals surface area contributed by atoms with E-state index in [2.05, 4.69) is 44.1 Å². The Kier molecular flexibility index (Phi) is 7.86. The maximum atomic E-state index is 12.2. The van der Waals surface area contributed by atoms with Gasteiger partial charge in [-0.15, -0.1) is 0 Å². The summed E-state index contributed by atoms with van der Waals surface area (Å²) < 4.78 is 10.6. The number of H-pyrrole nitrogens is 1. The largest absolute Gasteiger partial charge is 0.444 e. The normalized spacial score (nSPS) is 15.9. The molecule has 1 aliphatic rings. The van der Waals surface area contributed by atoms with Crippen LogP contribution in [-0.2, 0) is 15.9 Å². The van der Waals surface area contributed by atoms with Gasteiger partial charge in [0.15, 0.2) is 0 Å². The van der Waals surface area contributed by atoms with Crippen molar-refractivity contribution >= 4 is 29.0 Å². The molecule has 0 unspecified atom stereocenters. The van der Waals surface area contributed by atoms with Crippen LogP contribution in [0.3, 0.4) is 0 Å². The highest BCUT2D eigenvalue weighted by Crippen LogP contribution is 2.31. The molecule has 1 aromatic carbocycles. The summed E-state index contributed by atoms with van der Waals surface area (Å²) in [5, 5.41) is 9.90. The van der Waals surface area contributed by atoms with Gasteiger partial charge in [0.1, 0.15) is 11.2 Å². The van der Waals surface area contributed by atoms with Gasteiger partial charge in [0.2, 0.25) is 5.96 Å². The van der Waals surface area contributed by atoms with Gasteiger partial charge in [-0.3, -0.25) is 15.6 Å². The molecular formula is C25H37N5O4. The van der Waals surface area contributed by atoms with E-state index in [1.807, 2.05) is 6.07 Å². The molecule has 9 heteroatoms.